The number of likely N-dealkylation sites (N-methyl/N-ethyl adjacent to an activating group) is 1. The molecule has 0 unspecified atom stereocenters. The molecule has 2 fully saturated rings. The van der Waals surface area contributed by atoms with Crippen molar-refractivity contribution in [3.05, 3.63) is 41.1 Å². The van der Waals surface area contributed by atoms with Gasteiger partial charge in [0.05, 0.1) is 49.6 Å². The van der Waals surface area contributed by atoms with Crippen molar-refractivity contribution < 1.29 is 116 Å². The van der Waals surface area contributed by atoms with E-state index in [1.807, 2.05) is 19.0 Å². The predicted molar refractivity (Wildman–Crippen MR) is 193 cm³/mol. The van der Waals surface area contributed by atoms with Crippen molar-refractivity contribution >= 4 is 81.1 Å². The van der Waals surface area contributed by atoms with Crippen molar-refractivity contribution in [2.75, 3.05) is 63.4 Å². The van der Waals surface area contributed by atoms with Crippen molar-refractivity contribution in [2.24, 2.45) is 5.73 Å². The van der Waals surface area contributed by atoms with Crippen LogP contribution in [0.2, 0.25) is 0 Å². The first kappa shape index (κ1) is 49.8. The van der Waals surface area contributed by atoms with Crippen LogP contribution in [0.4, 0.5) is 20.1 Å². The summed E-state index contributed by atoms with van der Waals surface area (Å²) in [5.74, 6) is -4.74. The molecule has 3 aliphatic rings. The molecule has 4 heterocycles. The van der Waals surface area contributed by atoms with E-state index in [1.165, 1.54) is 47.8 Å². The molecule has 0 spiro atoms. The van der Waals surface area contributed by atoms with Gasteiger partial charge in [0.2, 0.25) is 21.1 Å². The maximum absolute atomic E-state index is 13.9. The molecule has 0 bridgehead atoms. The summed E-state index contributed by atoms with van der Waals surface area (Å²) in [7, 11) is -0.248. The van der Waals surface area contributed by atoms with Gasteiger partial charge in [0.25, 0.3) is 5.91 Å². The Balaban J connectivity index is 0.00000465. The number of benzene rings is 1. The van der Waals surface area contributed by atoms with Crippen molar-refractivity contribution in [3.63, 3.8) is 0 Å². The summed E-state index contributed by atoms with van der Waals surface area (Å²) in [6.07, 6.45) is -0.288. The number of thioether (sulfide) groups is 2. The zero-order valence-electron chi connectivity index (χ0n) is 32.3. The van der Waals surface area contributed by atoms with Crippen LogP contribution in [-0.4, -0.2) is 165 Å². The molecule has 3 aliphatic heterocycles. The molecule has 1 aromatic heterocycles. The van der Waals surface area contributed by atoms with E-state index in [0.717, 1.165) is 11.2 Å². The number of nitrogens with one attached hydrogen (secondary N) is 3. The number of rotatable bonds is 16. The van der Waals surface area contributed by atoms with Gasteiger partial charge in [-0.25, -0.2) is 36.7 Å². The molecule has 0 aliphatic carbocycles. The number of fused-ring (bicyclic) bond motifs is 1. The number of sulfonamides is 1. The summed E-state index contributed by atoms with van der Waals surface area (Å²) in [4.78, 5) is 92.3. The molecule has 2 aromatic rings. The molecule has 4 atom stereocenters. The Morgan fingerprint density at radius 3 is 2.37 bits per heavy atom. The van der Waals surface area contributed by atoms with Crippen molar-refractivity contribution in [2.45, 2.75) is 35.2 Å². The second-order valence-corrected chi connectivity index (χ2v) is 16.8. The average molecular weight is 899 g/mol. The number of nitrogens with zero attached hydrogens (tertiary/aromatic N) is 8. The molecule has 24 nitrogen and oxygen atoms in total. The second-order valence-electron chi connectivity index (χ2n) is 12.8. The van der Waals surface area contributed by atoms with Gasteiger partial charge >= 0.3 is 77.3 Å². The van der Waals surface area contributed by atoms with Gasteiger partial charge in [0.1, 0.15) is 24.1 Å². The fourth-order valence-corrected chi connectivity index (χ4v) is 8.75. The maximum atomic E-state index is 13.9. The number of aliphatic carboxylic acids is 2. The van der Waals surface area contributed by atoms with Gasteiger partial charge in [-0.05, 0) is 47.8 Å². The minimum Gasteiger partial charge on any atom is -0.548 e. The van der Waals surface area contributed by atoms with Crippen LogP contribution in [-0.2, 0) is 40.5 Å². The van der Waals surface area contributed by atoms with Crippen LogP contribution in [0, 0.1) is 0 Å². The van der Waals surface area contributed by atoms with E-state index in [-0.39, 0.29) is 101 Å². The summed E-state index contributed by atoms with van der Waals surface area (Å²) in [6.45, 7) is -0.238. The fourth-order valence-electron chi connectivity index (χ4n) is 5.57. The minimum absolute atomic E-state index is 0. The Morgan fingerprint density at radius 1 is 1.10 bits per heavy atom. The normalized spacial score (nSPS) is 18.5. The molecule has 7 amide bonds. The van der Waals surface area contributed by atoms with E-state index in [2.05, 4.69) is 31.5 Å². The van der Waals surface area contributed by atoms with E-state index < -0.39 is 82.0 Å². The van der Waals surface area contributed by atoms with Crippen LogP contribution in [0.1, 0.15) is 11.6 Å². The number of carboxylic acid groups (broad SMARTS) is 2. The molecule has 0 saturated carbocycles. The maximum Gasteiger partial charge on any atom is 1.00 e. The van der Waals surface area contributed by atoms with Crippen LogP contribution < -0.4 is 91.0 Å². The van der Waals surface area contributed by atoms with Crippen LogP contribution in [0.5, 0.6) is 0 Å². The van der Waals surface area contributed by atoms with Gasteiger partial charge in [-0.3, -0.25) is 19.8 Å². The van der Waals surface area contributed by atoms with Gasteiger partial charge < -0.3 is 45.8 Å². The number of aromatic nitrogens is 4. The minimum atomic E-state index is -4.02. The van der Waals surface area contributed by atoms with Gasteiger partial charge in [0, 0.05) is 23.7 Å². The molecule has 59 heavy (non-hydrogen) atoms. The number of hydrogen-bond acceptors (Lipinski definition) is 19. The standard InChI is InChI=1S/C30H38N12O12S3.2Na/c1-38(2)8-10-40-28(35-36-37-40)56-14-16-13-55-24-20(23(44)42(24)21(16)26(47)48)33-22(43)19(34-27(49)39-9-11-41(30(39)51)57(3,52)53)15-4-6-17(7-5-15)32-29(50)54-12-18(31)25(45)46;;/h4-7,18-20,24H,8-14,31H2,1-3H3,(H,32,50)(H,33,43)(H,34,49)(H,45,46)(H,47,48);;/q;2*+1/p-2/t18-,19-,20-,24+;;/m1../s1. The molecule has 1 aromatic carbocycles. The van der Waals surface area contributed by atoms with Gasteiger partial charge in [0.15, 0.2) is 0 Å². The zero-order chi connectivity index (χ0) is 41.8. The van der Waals surface area contributed by atoms with Gasteiger partial charge in [-0.1, -0.05) is 23.9 Å². The predicted octanol–water partition coefficient (Wildman–Crippen LogP) is -10.5. The zero-order valence-corrected chi connectivity index (χ0v) is 38.8. The number of anilines is 1. The monoisotopic (exact) mass is 898 g/mol. The van der Waals surface area contributed by atoms with Gasteiger partial charge in [-0.15, -0.1) is 16.9 Å². The SMILES string of the molecule is CN(C)CCn1nnnc1SCC1=C(C(=O)[O-])N2C(=O)[C@@H](NC(=O)[C@H](NC(=O)N3CCN(S(C)(=O)=O)C3=O)c3ccc(NC(=O)OC[C@@H](N)C(=O)[O-])cc3)[C@@H]2SC1.[Na+].[Na+]. The Labute approximate surface area is 389 Å². The van der Waals surface area contributed by atoms with E-state index >= 15 is 0 Å². The van der Waals surface area contributed by atoms with Gasteiger partial charge in [-0.2, -0.15) is 0 Å². The van der Waals surface area contributed by atoms with Crippen LogP contribution in [0.15, 0.2) is 40.7 Å². The van der Waals surface area contributed by atoms with Crippen molar-refractivity contribution in [3.8, 4) is 0 Å². The molecule has 2 saturated heterocycles. The Bertz CT molecular complexity index is 2090. The number of urea groups is 2. The molecule has 5 N–H and O–H groups in total. The average Bonchev–Trinajstić information content (AvgIpc) is 3.78. The summed E-state index contributed by atoms with van der Waals surface area (Å²) < 4.78 is 30.8. The summed E-state index contributed by atoms with van der Waals surface area (Å²) in [5.41, 5.74) is 5.44. The topological polar surface area (TPSA) is 328 Å². The smallest absolute Gasteiger partial charge is 0.548 e. The van der Waals surface area contributed by atoms with E-state index in [0.29, 0.717) is 33.0 Å². The second kappa shape index (κ2) is 21.3. The number of β-lactam (4-membered cyclic amide) rings is 1. The number of imide groups is 1. The number of carbonyl (C=O) groups excluding carboxylic acids is 7. The Kier molecular flexibility index (Phi) is 18.0. The fraction of sp³-hybridized carbons (Fsp3) is 0.467. The van der Waals surface area contributed by atoms with Crippen molar-refractivity contribution in [1.82, 2.24) is 49.8 Å². The third-order valence-electron chi connectivity index (χ3n) is 8.51. The first-order valence-electron chi connectivity index (χ1n) is 16.7. The number of ether oxygens (including phenoxy) is 1. The number of amides is 7. The number of carboxylic acids is 2. The van der Waals surface area contributed by atoms with E-state index in [9.17, 15) is 52.2 Å². The summed E-state index contributed by atoms with van der Waals surface area (Å²) in [6, 6.07) is -1.60. The van der Waals surface area contributed by atoms with Crippen LogP contribution >= 0.6 is 23.5 Å². The molecule has 308 valence electrons. The van der Waals surface area contributed by atoms with E-state index in [1.54, 1.807) is 4.68 Å². The summed E-state index contributed by atoms with van der Waals surface area (Å²) in [5, 5.41) is 41.6. The summed E-state index contributed by atoms with van der Waals surface area (Å²) >= 11 is 2.35. The first-order valence-corrected chi connectivity index (χ1v) is 20.6. The van der Waals surface area contributed by atoms with Crippen LogP contribution in [0.25, 0.3) is 0 Å². The number of tetrazole rings is 1. The number of nitrogens with two attached hydrogens (primary N) is 1. The molecule has 0 radical (unpaired) electrons. The number of carbonyl (C=O) groups is 7. The first-order chi connectivity index (χ1) is 26.9. The number of hydrogen-bond donors (Lipinski definition) is 4. The Morgan fingerprint density at radius 2 is 1.78 bits per heavy atom. The Hall–Kier alpha value is -3.51. The third-order valence-corrected chi connectivity index (χ3v) is 12.0. The molecule has 29 heteroatoms. The third kappa shape index (κ3) is 12.1. The van der Waals surface area contributed by atoms with E-state index in [4.69, 9.17) is 10.5 Å². The molecular weight excluding hydrogens is 863 g/mol. The van der Waals surface area contributed by atoms with Crippen molar-refractivity contribution in [1.29, 1.82) is 0 Å². The molecule has 5 rings (SSSR count). The largest absolute Gasteiger partial charge is 1.00 e. The quantitative estimate of drug-likeness (QED) is 0.0690. The van der Waals surface area contributed by atoms with Crippen LogP contribution in [0.3, 0.4) is 0 Å². The molecular formula is C30H36N12Na2O12S3.